The summed E-state index contributed by atoms with van der Waals surface area (Å²) in [4.78, 5) is 12.9. The summed E-state index contributed by atoms with van der Waals surface area (Å²) in [6.07, 6.45) is 0.557. The van der Waals surface area contributed by atoms with Crippen LogP contribution >= 0.6 is 0 Å². The minimum absolute atomic E-state index is 0.00323. The molecule has 1 amide bonds. The highest BCUT2D eigenvalue weighted by molar-refractivity contribution is 7.89. The molecule has 0 aliphatic carbocycles. The van der Waals surface area contributed by atoms with Crippen LogP contribution in [-0.2, 0) is 27.8 Å². The fourth-order valence-corrected chi connectivity index (χ4v) is 5.75. The number of carbonyl (C=O) groups is 1. The number of carbonyl (C=O) groups excluding carboxylic acids is 1. The van der Waals surface area contributed by atoms with E-state index in [-0.39, 0.29) is 23.8 Å². The van der Waals surface area contributed by atoms with Gasteiger partial charge < -0.3 is 5.32 Å². The smallest absolute Gasteiger partial charge is 0.243 e. The van der Waals surface area contributed by atoms with E-state index in [1.807, 2.05) is 55.5 Å². The maximum Gasteiger partial charge on any atom is 0.243 e. The van der Waals surface area contributed by atoms with Crippen LogP contribution in [0.3, 0.4) is 0 Å². The van der Waals surface area contributed by atoms with E-state index >= 15 is 0 Å². The van der Waals surface area contributed by atoms with Gasteiger partial charge in [-0.25, -0.2) is 12.8 Å². The molecule has 0 bridgehead atoms. The maximum atomic E-state index is 13.4. The lowest BCUT2D eigenvalue weighted by Crippen LogP contribution is -2.42. The van der Waals surface area contributed by atoms with Crippen LogP contribution in [0.15, 0.2) is 77.7 Å². The van der Waals surface area contributed by atoms with E-state index in [1.165, 1.54) is 16.4 Å². The SMILES string of the molecule is Cc1cccc(CNC(=O)C[C@H]2c3ccccc3CCN2S(=O)(=O)c2ccc(F)cc2)c1. The first-order valence-corrected chi connectivity index (χ1v) is 12.0. The van der Waals surface area contributed by atoms with Crippen LogP contribution in [-0.4, -0.2) is 25.2 Å². The van der Waals surface area contributed by atoms with Gasteiger partial charge in [0.05, 0.1) is 10.9 Å². The average molecular weight is 453 g/mol. The molecule has 1 aliphatic heterocycles. The Morgan fingerprint density at radius 1 is 1.06 bits per heavy atom. The highest BCUT2D eigenvalue weighted by atomic mass is 32.2. The van der Waals surface area contributed by atoms with Gasteiger partial charge in [-0.3, -0.25) is 4.79 Å². The van der Waals surface area contributed by atoms with Gasteiger partial charge in [0, 0.05) is 19.5 Å². The number of fused-ring (bicyclic) bond motifs is 1. The zero-order valence-electron chi connectivity index (χ0n) is 17.8. The molecule has 1 N–H and O–H groups in total. The lowest BCUT2D eigenvalue weighted by atomic mass is 9.92. The Morgan fingerprint density at radius 3 is 2.56 bits per heavy atom. The topological polar surface area (TPSA) is 66.5 Å². The molecule has 3 aromatic rings. The van der Waals surface area contributed by atoms with Gasteiger partial charge >= 0.3 is 0 Å². The summed E-state index contributed by atoms with van der Waals surface area (Å²) in [5.41, 5.74) is 3.96. The molecule has 1 heterocycles. The summed E-state index contributed by atoms with van der Waals surface area (Å²) in [6.45, 7) is 2.62. The van der Waals surface area contributed by atoms with Crippen LogP contribution in [0.25, 0.3) is 0 Å². The third-order valence-corrected chi connectivity index (χ3v) is 7.66. The lowest BCUT2D eigenvalue weighted by molar-refractivity contribution is -0.122. The molecule has 0 radical (unpaired) electrons. The van der Waals surface area contributed by atoms with Crippen LogP contribution < -0.4 is 5.32 Å². The van der Waals surface area contributed by atoms with Crippen LogP contribution in [0.5, 0.6) is 0 Å². The summed E-state index contributed by atoms with van der Waals surface area (Å²) < 4.78 is 41.5. The van der Waals surface area contributed by atoms with Crippen LogP contribution in [0.2, 0.25) is 0 Å². The zero-order chi connectivity index (χ0) is 22.7. The van der Waals surface area contributed by atoms with Crippen molar-refractivity contribution in [1.82, 2.24) is 9.62 Å². The van der Waals surface area contributed by atoms with Crippen molar-refractivity contribution in [3.8, 4) is 0 Å². The number of sulfonamides is 1. The van der Waals surface area contributed by atoms with Crippen molar-refractivity contribution in [2.75, 3.05) is 6.54 Å². The van der Waals surface area contributed by atoms with Crippen molar-refractivity contribution in [3.05, 3.63) is 101 Å². The number of aryl methyl sites for hydroxylation is 1. The van der Waals surface area contributed by atoms with E-state index in [9.17, 15) is 17.6 Å². The second kappa shape index (κ2) is 9.22. The second-order valence-corrected chi connectivity index (χ2v) is 9.89. The first-order chi connectivity index (χ1) is 15.3. The third-order valence-electron chi connectivity index (χ3n) is 5.73. The predicted molar refractivity (Wildman–Crippen MR) is 121 cm³/mol. The standard InChI is InChI=1S/C25H25FN2O3S/c1-18-5-4-6-19(15-18)17-27-25(29)16-24-23-8-3-2-7-20(23)13-14-28(24)32(30,31)22-11-9-21(26)10-12-22/h2-12,15,24H,13-14,16-17H2,1H3,(H,27,29)/t24-/m0/s1. The fourth-order valence-electron chi connectivity index (χ4n) is 4.14. The molecule has 166 valence electrons. The van der Waals surface area contributed by atoms with Gasteiger partial charge in [0.15, 0.2) is 0 Å². The molecular formula is C25H25FN2O3S. The highest BCUT2D eigenvalue weighted by Crippen LogP contribution is 2.36. The Labute approximate surface area is 187 Å². The van der Waals surface area contributed by atoms with E-state index in [4.69, 9.17) is 0 Å². The van der Waals surface area contributed by atoms with Crippen molar-refractivity contribution in [1.29, 1.82) is 0 Å². The van der Waals surface area contributed by atoms with Crippen LogP contribution in [0.1, 0.15) is 34.7 Å². The fraction of sp³-hybridized carbons (Fsp3) is 0.240. The Hall–Kier alpha value is -3.03. The molecule has 4 rings (SSSR count). The number of hydrogen-bond acceptors (Lipinski definition) is 3. The van der Waals surface area contributed by atoms with Crippen molar-refractivity contribution in [3.63, 3.8) is 0 Å². The molecule has 0 aromatic heterocycles. The van der Waals surface area contributed by atoms with Gasteiger partial charge in [-0.1, -0.05) is 54.1 Å². The Kier molecular flexibility index (Phi) is 6.39. The first kappa shape index (κ1) is 22.2. The molecule has 1 aliphatic rings. The van der Waals surface area contributed by atoms with E-state index < -0.39 is 21.9 Å². The van der Waals surface area contributed by atoms with Gasteiger partial charge in [0.25, 0.3) is 0 Å². The van der Waals surface area contributed by atoms with Crippen molar-refractivity contribution in [2.24, 2.45) is 0 Å². The van der Waals surface area contributed by atoms with Crippen molar-refractivity contribution >= 4 is 15.9 Å². The molecule has 32 heavy (non-hydrogen) atoms. The Bertz CT molecular complexity index is 1230. The number of halogens is 1. The number of nitrogens with zero attached hydrogens (tertiary/aromatic N) is 1. The molecule has 0 fully saturated rings. The molecule has 5 nitrogen and oxygen atoms in total. The normalized spacial score (nSPS) is 16.4. The molecule has 7 heteroatoms. The molecule has 0 spiro atoms. The van der Waals surface area contributed by atoms with Crippen molar-refractivity contribution in [2.45, 2.75) is 37.2 Å². The second-order valence-electron chi connectivity index (χ2n) is 8.00. The largest absolute Gasteiger partial charge is 0.352 e. The summed E-state index contributed by atoms with van der Waals surface area (Å²) in [5.74, 6) is -0.729. The Morgan fingerprint density at radius 2 is 1.81 bits per heavy atom. The summed E-state index contributed by atoms with van der Waals surface area (Å²) >= 11 is 0. The quantitative estimate of drug-likeness (QED) is 0.612. The molecule has 0 unspecified atom stereocenters. The maximum absolute atomic E-state index is 13.4. The van der Waals surface area contributed by atoms with Gasteiger partial charge in [-0.2, -0.15) is 4.31 Å². The number of amides is 1. The van der Waals surface area contributed by atoms with Gasteiger partial charge in [-0.05, 0) is 54.3 Å². The molecule has 3 aromatic carbocycles. The average Bonchev–Trinajstić information content (AvgIpc) is 2.78. The minimum atomic E-state index is -3.90. The lowest BCUT2D eigenvalue weighted by Gasteiger charge is -2.36. The van der Waals surface area contributed by atoms with Crippen LogP contribution in [0, 0.1) is 12.7 Å². The van der Waals surface area contributed by atoms with E-state index in [0.29, 0.717) is 13.0 Å². The third kappa shape index (κ3) is 4.74. The van der Waals surface area contributed by atoms with Gasteiger partial charge in [0.2, 0.25) is 15.9 Å². The first-order valence-electron chi connectivity index (χ1n) is 10.5. The molecular weight excluding hydrogens is 427 g/mol. The molecule has 1 atom stereocenters. The Balaban J connectivity index is 1.59. The number of benzene rings is 3. The highest BCUT2D eigenvalue weighted by Gasteiger charge is 2.37. The molecule has 0 saturated carbocycles. The number of hydrogen-bond donors (Lipinski definition) is 1. The van der Waals surface area contributed by atoms with Crippen molar-refractivity contribution < 1.29 is 17.6 Å². The number of nitrogens with one attached hydrogen (secondary N) is 1. The van der Waals surface area contributed by atoms with Gasteiger partial charge in [0.1, 0.15) is 5.82 Å². The minimum Gasteiger partial charge on any atom is -0.352 e. The zero-order valence-corrected chi connectivity index (χ0v) is 18.6. The summed E-state index contributed by atoms with van der Waals surface area (Å²) in [5, 5.41) is 2.91. The number of rotatable bonds is 6. The molecule has 0 saturated heterocycles. The monoisotopic (exact) mass is 452 g/mol. The van der Waals surface area contributed by atoms with E-state index in [1.54, 1.807) is 0 Å². The van der Waals surface area contributed by atoms with Gasteiger partial charge in [-0.15, -0.1) is 0 Å². The van der Waals surface area contributed by atoms with E-state index in [2.05, 4.69) is 5.32 Å². The summed E-state index contributed by atoms with van der Waals surface area (Å²) in [7, 11) is -3.90. The van der Waals surface area contributed by atoms with Crippen LogP contribution in [0.4, 0.5) is 4.39 Å². The summed E-state index contributed by atoms with van der Waals surface area (Å²) in [6, 6.07) is 19.6. The van der Waals surface area contributed by atoms with E-state index in [0.717, 1.165) is 34.4 Å². The predicted octanol–water partition coefficient (Wildman–Crippen LogP) is 4.13.